The van der Waals surface area contributed by atoms with Crippen LogP contribution in [0.4, 0.5) is 0 Å². The van der Waals surface area contributed by atoms with Gasteiger partial charge in [-0.25, -0.2) is 0 Å². The second-order valence-corrected chi connectivity index (χ2v) is 11.9. The molecule has 4 heteroatoms. The van der Waals surface area contributed by atoms with Crippen molar-refractivity contribution in [1.82, 2.24) is 0 Å². The molecule has 1 heterocycles. The first-order chi connectivity index (χ1) is 5.97. The van der Waals surface area contributed by atoms with E-state index >= 15 is 0 Å². The Bertz CT molecular complexity index is 253. The molecule has 0 bridgehead atoms. The molecule has 0 N–H and O–H groups in total. The molecule has 0 saturated carbocycles. The Morgan fingerprint density at radius 2 is 1.77 bits per heavy atom. The molecule has 1 aliphatic heterocycles. The van der Waals surface area contributed by atoms with Crippen LogP contribution in [-0.4, -0.2) is 45.1 Å². The Kier molecular flexibility index (Phi) is 3.76. The van der Waals surface area contributed by atoms with E-state index in [1.54, 1.807) is 0 Å². The van der Waals surface area contributed by atoms with Gasteiger partial charge in [-0.3, -0.25) is 0 Å². The second-order valence-electron chi connectivity index (χ2n) is 4.44. The summed E-state index contributed by atoms with van der Waals surface area (Å²) >= 11 is 0. The number of hydrogen-bond donors (Lipinski definition) is 0. The Labute approximate surface area is 82.4 Å². The van der Waals surface area contributed by atoms with Crippen LogP contribution in [-0.2, 0) is 9.84 Å². The van der Waals surface area contributed by atoms with Crippen molar-refractivity contribution in [3.05, 3.63) is 0 Å². The van der Waals surface area contributed by atoms with Gasteiger partial charge in [0.15, 0.2) is 0 Å². The first-order valence-corrected chi connectivity index (χ1v) is 10.0. The van der Waals surface area contributed by atoms with E-state index in [-0.39, 0.29) is 0 Å². The summed E-state index contributed by atoms with van der Waals surface area (Å²) in [6.07, 6.45) is 9.11. The van der Waals surface area contributed by atoms with Crippen LogP contribution in [0.3, 0.4) is 0 Å². The summed E-state index contributed by atoms with van der Waals surface area (Å²) in [7, 11) is -3.82. The molecule has 0 amide bonds. The SMILES string of the molecule is CC[PH]1(CCS(C)(=O)=O)CCCC1. The van der Waals surface area contributed by atoms with E-state index in [4.69, 9.17) is 0 Å². The van der Waals surface area contributed by atoms with Crippen LogP contribution < -0.4 is 0 Å². The van der Waals surface area contributed by atoms with Crippen molar-refractivity contribution in [2.45, 2.75) is 19.8 Å². The van der Waals surface area contributed by atoms with Crippen molar-refractivity contribution < 1.29 is 8.42 Å². The first-order valence-electron chi connectivity index (χ1n) is 5.15. The quantitative estimate of drug-likeness (QED) is 0.680. The Morgan fingerprint density at radius 1 is 1.23 bits per heavy atom. The third kappa shape index (κ3) is 3.55. The molecule has 1 rings (SSSR count). The van der Waals surface area contributed by atoms with E-state index in [0.29, 0.717) is 5.75 Å². The van der Waals surface area contributed by atoms with Crippen LogP contribution >= 0.6 is 7.26 Å². The van der Waals surface area contributed by atoms with E-state index in [1.807, 2.05) is 0 Å². The van der Waals surface area contributed by atoms with E-state index in [0.717, 1.165) is 6.16 Å². The number of rotatable bonds is 4. The predicted octanol–water partition coefficient (Wildman–Crippen LogP) is 1.59. The third-order valence-electron chi connectivity index (χ3n) is 3.42. The zero-order valence-corrected chi connectivity index (χ0v) is 10.5. The van der Waals surface area contributed by atoms with Gasteiger partial charge in [0, 0.05) is 0 Å². The normalized spacial score (nSPS) is 24.5. The van der Waals surface area contributed by atoms with E-state index in [2.05, 4.69) is 6.92 Å². The van der Waals surface area contributed by atoms with Gasteiger partial charge in [0.1, 0.15) is 0 Å². The van der Waals surface area contributed by atoms with Crippen molar-refractivity contribution in [2.75, 3.05) is 36.7 Å². The van der Waals surface area contributed by atoms with Crippen molar-refractivity contribution in [2.24, 2.45) is 0 Å². The fraction of sp³-hybridized carbons (Fsp3) is 1.00. The fourth-order valence-corrected chi connectivity index (χ4v) is 9.33. The summed E-state index contributed by atoms with van der Waals surface area (Å²) < 4.78 is 22.1. The number of hydrogen-bond acceptors (Lipinski definition) is 2. The standard InChI is InChI=1S/C9H21O2PS/c1-3-12(6-4-5-7-12)8-9-13(2,10)11/h12H,3-9H2,1-2H3. The van der Waals surface area contributed by atoms with E-state index in [9.17, 15) is 8.42 Å². The van der Waals surface area contributed by atoms with Gasteiger partial charge in [-0.2, -0.15) is 0 Å². The molecule has 1 fully saturated rings. The topological polar surface area (TPSA) is 34.1 Å². The van der Waals surface area contributed by atoms with Crippen molar-refractivity contribution in [1.29, 1.82) is 0 Å². The molecule has 1 aliphatic rings. The molecule has 2 nitrogen and oxygen atoms in total. The average molecular weight is 224 g/mol. The molecule has 0 spiro atoms. The molecule has 0 unspecified atom stereocenters. The van der Waals surface area contributed by atoms with Crippen molar-refractivity contribution in [3.63, 3.8) is 0 Å². The molecule has 0 aliphatic carbocycles. The van der Waals surface area contributed by atoms with Crippen LogP contribution in [0.25, 0.3) is 0 Å². The van der Waals surface area contributed by atoms with Gasteiger partial charge in [-0.15, -0.1) is 0 Å². The fourth-order valence-electron chi connectivity index (χ4n) is 2.31. The third-order valence-corrected chi connectivity index (χ3v) is 10.4. The molecule has 80 valence electrons. The Morgan fingerprint density at radius 3 is 2.15 bits per heavy atom. The maximum absolute atomic E-state index is 11.1. The molecule has 0 atom stereocenters. The molecule has 0 aromatic carbocycles. The zero-order valence-electron chi connectivity index (χ0n) is 8.67. The molecule has 0 aromatic heterocycles. The van der Waals surface area contributed by atoms with Crippen LogP contribution in [0.1, 0.15) is 19.8 Å². The number of sulfone groups is 1. The average Bonchev–Trinajstić information content (AvgIpc) is 2.49. The van der Waals surface area contributed by atoms with Crippen molar-refractivity contribution in [3.8, 4) is 0 Å². The Balaban J connectivity index is 2.50. The van der Waals surface area contributed by atoms with Gasteiger partial charge in [0.25, 0.3) is 0 Å². The molecule has 0 aromatic rings. The summed E-state index contributed by atoms with van der Waals surface area (Å²) in [6.45, 7) is 2.25. The molecule has 13 heavy (non-hydrogen) atoms. The second kappa shape index (κ2) is 4.27. The van der Waals surface area contributed by atoms with Crippen LogP contribution in [0.5, 0.6) is 0 Å². The minimum absolute atomic E-state index is 0.438. The van der Waals surface area contributed by atoms with Crippen LogP contribution in [0.2, 0.25) is 0 Å². The van der Waals surface area contributed by atoms with Crippen molar-refractivity contribution >= 4 is 17.1 Å². The van der Waals surface area contributed by atoms with Gasteiger partial charge in [0.05, 0.1) is 0 Å². The van der Waals surface area contributed by atoms with Crippen LogP contribution in [0.15, 0.2) is 0 Å². The zero-order chi connectivity index (χ0) is 9.95. The molecular weight excluding hydrogens is 203 g/mol. The van der Waals surface area contributed by atoms with Gasteiger partial charge in [-0.1, -0.05) is 0 Å². The maximum atomic E-state index is 11.1. The summed E-state index contributed by atoms with van der Waals surface area (Å²) in [5.41, 5.74) is 0. The van der Waals surface area contributed by atoms with Gasteiger partial charge >= 0.3 is 81.9 Å². The van der Waals surface area contributed by atoms with Gasteiger partial charge < -0.3 is 0 Å². The van der Waals surface area contributed by atoms with Gasteiger partial charge in [0.2, 0.25) is 0 Å². The molecular formula is C9H21O2PS. The summed E-state index contributed by atoms with van der Waals surface area (Å²) in [5, 5.41) is 0. The summed E-state index contributed by atoms with van der Waals surface area (Å²) in [6, 6.07) is 0. The van der Waals surface area contributed by atoms with Crippen LogP contribution in [0, 0.1) is 0 Å². The summed E-state index contributed by atoms with van der Waals surface area (Å²) in [4.78, 5) is 0. The molecule has 0 radical (unpaired) electrons. The van der Waals surface area contributed by atoms with E-state index in [1.165, 1.54) is 37.6 Å². The first kappa shape index (κ1) is 11.5. The molecule has 1 saturated heterocycles. The Hall–Kier alpha value is 0.380. The summed E-state index contributed by atoms with van der Waals surface area (Å²) in [5.74, 6) is 0.438. The predicted molar refractivity (Wildman–Crippen MR) is 62.4 cm³/mol. The monoisotopic (exact) mass is 224 g/mol. The minimum atomic E-state index is -2.73. The van der Waals surface area contributed by atoms with Gasteiger partial charge in [-0.05, 0) is 0 Å². The van der Waals surface area contributed by atoms with E-state index < -0.39 is 17.1 Å².